The van der Waals surface area contributed by atoms with Gasteiger partial charge in [0.2, 0.25) is 23.6 Å². The van der Waals surface area contributed by atoms with Crippen molar-refractivity contribution in [2.75, 3.05) is 0 Å². The molecule has 2 rings (SSSR count). The van der Waals surface area contributed by atoms with Crippen molar-refractivity contribution < 1.29 is 29.1 Å². The first-order valence-corrected chi connectivity index (χ1v) is 11.7. The molecule has 5 atom stereocenters. The van der Waals surface area contributed by atoms with E-state index in [2.05, 4.69) is 20.9 Å². The molecule has 0 aliphatic carbocycles. The molecular weight excluding hydrogens is 468 g/mol. The van der Waals surface area contributed by atoms with Gasteiger partial charge in [0, 0.05) is 23.5 Å². The smallest absolute Gasteiger partial charge is 0.325 e. The van der Waals surface area contributed by atoms with E-state index >= 15 is 0 Å². The molecule has 0 saturated heterocycles. The molecule has 5 unspecified atom stereocenters. The van der Waals surface area contributed by atoms with Gasteiger partial charge in [-0.1, -0.05) is 38.5 Å². The standard InChI is InChI=1S/C24H34N6O6/c1-4-12(2)20(26)23(34)30-17(9-14-11-27-16-8-6-5-7-15(14)16)22(33)29-18(10-19(25)31)21(32)28-13(3)24(35)36/h5-8,11-13,17-18,20,27H,4,9-10,26H2,1-3H3,(H2,25,31)(H,28,32)(H,29,33)(H,30,34)(H,35,36). The summed E-state index contributed by atoms with van der Waals surface area (Å²) >= 11 is 0. The summed E-state index contributed by atoms with van der Waals surface area (Å²) in [6.45, 7) is 4.94. The van der Waals surface area contributed by atoms with E-state index in [9.17, 15) is 24.0 Å². The van der Waals surface area contributed by atoms with Crippen LogP contribution >= 0.6 is 0 Å². The minimum absolute atomic E-state index is 0.0608. The summed E-state index contributed by atoms with van der Waals surface area (Å²) in [5, 5.41) is 17.2. The summed E-state index contributed by atoms with van der Waals surface area (Å²) in [5.74, 6) is -4.52. The number of aromatic nitrogens is 1. The Morgan fingerprint density at radius 3 is 2.19 bits per heavy atom. The second-order valence-corrected chi connectivity index (χ2v) is 8.84. The molecule has 0 aliphatic rings. The van der Waals surface area contributed by atoms with Crippen molar-refractivity contribution in [3.63, 3.8) is 0 Å². The van der Waals surface area contributed by atoms with Gasteiger partial charge in [0.05, 0.1) is 12.5 Å². The van der Waals surface area contributed by atoms with Crippen LogP contribution in [0, 0.1) is 5.92 Å². The minimum atomic E-state index is -1.44. The van der Waals surface area contributed by atoms with E-state index in [0.29, 0.717) is 6.42 Å². The van der Waals surface area contributed by atoms with E-state index in [1.807, 2.05) is 38.1 Å². The molecule has 0 aliphatic heterocycles. The molecule has 0 saturated carbocycles. The van der Waals surface area contributed by atoms with Crippen LogP contribution in [-0.2, 0) is 30.4 Å². The van der Waals surface area contributed by atoms with Crippen molar-refractivity contribution in [1.29, 1.82) is 0 Å². The maximum atomic E-state index is 13.3. The Labute approximate surface area is 208 Å². The number of para-hydroxylation sites is 1. The van der Waals surface area contributed by atoms with E-state index in [0.717, 1.165) is 16.5 Å². The highest BCUT2D eigenvalue weighted by atomic mass is 16.4. The van der Waals surface area contributed by atoms with Crippen molar-refractivity contribution in [2.45, 2.75) is 64.2 Å². The average Bonchev–Trinajstić information content (AvgIpc) is 3.24. The highest BCUT2D eigenvalue weighted by Gasteiger charge is 2.31. The number of benzene rings is 1. The molecule has 4 amide bonds. The van der Waals surface area contributed by atoms with Gasteiger partial charge >= 0.3 is 5.97 Å². The first-order chi connectivity index (χ1) is 16.9. The van der Waals surface area contributed by atoms with Gasteiger partial charge in [0.25, 0.3) is 0 Å². The summed E-state index contributed by atoms with van der Waals surface area (Å²) in [4.78, 5) is 64.5. The monoisotopic (exact) mass is 502 g/mol. The number of carbonyl (C=O) groups excluding carboxylic acids is 4. The highest BCUT2D eigenvalue weighted by molar-refractivity contribution is 5.96. The Balaban J connectivity index is 2.31. The van der Waals surface area contributed by atoms with E-state index in [1.54, 1.807) is 6.20 Å². The van der Waals surface area contributed by atoms with Crippen LogP contribution in [0.1, 0.15) is 39.2 Å². The Morgan fingerprint density at radius 1 is 0.972 bits per heavy atom. The fraction of sp³-hybridized carbons (Fsp3) is 0.458. The number of primary amides is 1. The summed E-state index contributed by atoms with van der Waals surface area (Å²) in [6, 6.07) is 2.69. The molecule has 0 bridgehead atoms. The lowest BCUT2D eigenvalue weighted by molar-refractivity contribution is -0.142. The zero-order valence-corrected chi connectivity index (χ0v) is 20.5. The Morgan fingerprint density at radius 2 is 1.58 bits per heavy atom. The number of H-pyrrole nitrogens is 1. The first kappa shape index (κ1) is 28.3. The van der Waals surface area contributed by atoms with Crippen LogP contribution in [0.3, 0.4) is 0 Å². The van der Waals surface area contributed by atoms with E-state index in [4.69, 9.17) is 16.6 Å². The molecule has 0 radical (unpaired) electrons. The maximum Gasteiger partial charge on any atom is 0.325 e. The average molecular weight is 503 g/mol. The molecule has 1 heterocycles. The van der Waals surface area contributed by atoms with Gasteiger partial charge in [-0.3, -0.25) is 24.0 Å². The van der Waals surface area contributed by atoms with Crippen molar-refractivity contribution in [3.8, 4) is 0 Å². The summed E-state index contributed by atoms with van der Waals surface area (Å²) in [5.41, 5.74) is 12.9. The number of aromatic amines is 1. The molecule has 1 aromatic carbocycles. The number of nitrogens with one attached hydrogen (secondary N) is 4. The van der Waals surface area contributed by atoms with Crippen LogP contribution in [0.2, 0.25) is 0 Å². The SMILES string of the molecule is CCC(C)C(N)C(=O)NC(Cc1c[nH]c2ccccc12)C(=O)NC(CC(N)=O)C(=O)NC(C)C(=O)O. The van der Waals surface area contributed by atoms with Crippen LogP contribution in [0.4, 0.5) is 0 Å². The molecule has 1 aromatic heterocycles. The number of hydrogen-bond donors (Lipinski definition) is 7. The van der Waals surface area contributed by atoms with Crippen molar-refractivity contribution in [1.82, 2.24) is 20.9 Å². The quantitative estimate of drug-likeness (QED) is 0.191. The van der Waals surface area contributed by atoms with Gasteiger partial charge in [-0.2, -0.15) is 0 Å². The maximum absolute atomic E-state index is 13.3. The molecule has 9 N–H and O–H groups in total. The Kier molecular flexibility index (Phi) is 9.97. The summed E-state index contributed by atoms with van der Waals surface area (Å²) in [6.07, 6.45) is 1.86. The third kappa shape index (κ3) is 7.54. The lowest BCUT2D eigenvalue weighted by atomic mass is 9.98. The van der Waals surface area contributed by atoms with Crippen LogP contribution < -0.4 is 27.4 Å². The van der Waals surface area contributed by atoms with Gasteiger partial charge in [0.15, 0.2) is 0 Å². The Bertz CT molecular complexity index is 1120. The number of aliphatic carboxylic acids is 1. The molecule has 12 heteroatoms. The predicted octanol–water partition coefficient (Wildman–Crippen LogP) is -0.482. The number of amides is 4. The van der Waals surface area contributed by atoms with Gasteiger partial charge in [-0.25, -0.2) is 0 Å². The molecule has 12 nitrogen and oxygen atoms in total. The van der Waals surface area contributed by atoms with Crippen LogP contribution in [0.25, 0.3) is 10.9 Å². The lowest BCUT2D eigenvalue weighted by Crippen LogP contribution is -2.58. The van der Waals surface area contributed by atoms with E-state index < -0.39 is 60.2 Å². The molecule has 0 fully saturated rings. The van der Waals surface area contributed by atoms with Crippen LogP contribution in [0.15, 0.2) is 30.5 Å². The number of fused-ring (bicyclic) bond motifs is 1. The second-order valence-electron chi connectivity index (χ2n) is 8.84. The van der Waals surface area contributed by atoms with Crippen molar-refractivity contribution >= 4 is 40.5 Å². The second kappa shape index (κ2) is 12.7. The number of nitrogens with two attached hydrogens (primary N) is 2. The zero-order chi connectivity index (χ0) is 27.0. The first-order valence-electron chi connectivity index (χ1n) is 11.7. The number of carboxylic acid groups (broad SMARTS) is 1. The number of carbonyl (C=O) groups is 5. The molecule has 196 valence electrons. The van der Waals surface area contributed by atoms with E-state index in [-0.39, 0.29) is 12.3 Å². The molecular formula is C24H34N6O6. The molecule has 2 aromatic rings. The highest BCUT2D eigenvalue weighted by Crippen LogP contribution is 2.19. The largest absolute Gasteiger partial charge is 0.480 e. The number of rotatable bonds is 13. The third-order valence-electron chi connectivity index (χ3n) is 6.06. The van der Waals surface area contributed by atoms with Gasteiger partial charge < -0.3 is 37.5 Å². The topological polar surface area (TPSA) is 209 Å². The van der Waals surface area contributed by atoms with Crippen molar-refractivity contribution in [3.05, 3.63) is 36.0 Å². The molecule has 36 heavy (non-hydrogen) atoms. The summed E-state index contributed by atoms with van der Waals surface area (Å²) < 4.78 is 0. The van der Waals surface area contributed by atoms with E-state index in [1.165, 1.54) is 6.92 Å². The van der Waals surface area contributed by atoms with Crippen LogP contribution in [-0.4, -0.2) is 63.9 Å². The zero-order valence-electron chi connectivity index (χ0n) is 20.5. The minimum Gasteiger partial charge on any atom is -0.480 e. The predicted molar refractivity (Wildman–Crippen MR) is 132 cm³/mol. The summed E-state index contributed by atoms with van der Waals surface area (Å²) in [7, 11) is 0. The fourth-order valence-corrected chi connectivity index (χ4v) is 3.57. The van der Waals surface area contributed by atoms with Gasteiger partial charge in [0.1, 0.15) is 18.1 Å². The number of carboxylic acids is 1. The third-order valence-corrected chi connectivity index (χ3v) is 6.06. The van der Waals surface area contributed by atoms with Gasteiger partial charge in [-0.05, 0) is 24.5 Å². The Hall–Kier alpha value is -3.93. The molecule has 0 spiro atoms. The fourth-order valence-electron chi connectivity index (χ4n) is 3.57. The van der Waals surface area contributed by atoms with Gasteiger partial charge in [-0.15, -0.1) is 0 Å². The normalized spacial score (nSPS) is 15.2. The van der Waals surface area contributed by atoms with Crippen LogP contribution in [0.5, 0.6) is 0 Å². The lowest BCUT2D eigenvalue weighted by Gasteiger charge is -2.25. The van der Waals surface area contributed by atoms with Crippen molar-refractivity contribution in [2.24, 2.45) is 17.4 Å². The number of hydrogen-bond acceptors (Lipinski definition) is 6.